The Labute approximate surface area is 115 Å². The lowest BCUT2D eigenvalue weighted by Crippen LogP contribution is -1.83. The van der Waals surface area contributed by atoms with E-state index in [4.69, 9.17) is 0 Å². The van der Waals surface area contributed by atoms with Crippen LogP contribution in [0.15, 0.2) is 61.2 Å². The predicted molar refractivity (Wildman–Crippen MR) is 79.1 cm³/mol. The molecule has 0 fully saturated rings. The molecule has 4 aromatic rings. The van der Waals surface area contributed by atoms with Gasteiger partial charge < -0.3 is 9.97 Å². The van der Waals surface area contributed by atoms with Crippen molar-refractivity contribution in [2.75, 3.05) is 0 Å². The average molecular weight is 260 g/mol. The summed E-state index contributed by atoms with van der Waals surface area (Å²) in [4.78, 5) is 14.8. The molecule has 2 N–H and O–H groups in total. The second kappa shape index (κ2) is 4.35. The molecule has 0 atom stereocenters. The zero-order valence-electron chi connectivity index (χ0n) is 10.7. The lowest BCUT2D eigenvalue weighted by atomic mass is 10.0. The van der Waals surface area contributed by atoms with Crippen molar-refractivity contribution in [3.8, 4) is 22.8 Å². The standard InChI is InChI=1S/C16H12N4/c1-3-13(15-17-5-6-18-15)10-12-2-4-14(9-11(1)12)16-19-7-8-20-16/h1-10H,(H,17,18)(H,19,20). The van der Waals surface area contributed by atoms with E-state index in [1.54, 1.807) is 12.4 Å². The SMILES string of the molecule is c1c[nH]c(-c2ccc3cc(-c4ncc[nH]4)ccc3c2)n1. The normalized spacial score (nSPS) is 11.0. The minimum Gasteiger partial charge on any atom is -0.345 e. The van der Waals surface area contributed by atoms with E-state index in [0.29, 0.717) is 0 Å². The number of rotatable bonds is 2. The van der Waals surface area contributed by atoms with Gasteiger partial charge in [-0.25, -0.2) is 9.97 Å². The summed E-state index contributed by atoms with van der Waals surface area (Å²) >= 11 is 0. The molecule has 0 aliphatic carbocycles. The maximum atomic E-state index is 4.28. The van der Waals surface area contributed by atoms with Crippen LogP contribution in [-0.4, -0.2) is 19.9 Å². The van der Waals surface area contributed by atoms with E-state index in [0.717, 1.165) is 22.8 Å². The summed E-state index contributed by atoms with van der Waals surface area (Å²) in [5.74, 6) is 1.78. The van der Waals surface area contributed by atoms with E-state index >= 15 is 0 Å². The second-order valence-electron chi connectivity index (χ2n) is 4.65. The number of aromatic amines is 2. The van der Waals surface area contributed by atoms with Crippen LogP contribution in [0.1, 0.15) is 0 Å². The van der Waals surface area contributed by atoms with Gasteiger partial charge in [-0.3, -0.25) is 0 Å². The largest absolute Gasteiger partial charge is 0.345 e. The highest BCUT2D eigenvalue weighted by molar-refractivity contribution is 5.89. The van der Waals surface area contributed by atoms with Gasteiger partial charge in [0.25, 0.3) is 0 Å². The van der Waals surface area contributed by atoms with E-state index in [-0.39, 0.29) is 0 Å². The van der Waals surface area contributed by atoms with Crippen LogP contribution < -0.4 is 0 Å². The molecule has 4 rings (SSSR count). The van der Waals surface area contributed by atoms with Gasteiger partial charge in [0.2, 0.25) is 0 Å². The molecule has 4 heteroatoms. The van der Waals surface area contributed by atoms with Gasteiger partial charge in [-0.1, -0.05) is 24.3 Å². The quantitative estimate of drug-likeness (QED) is 0.578. The Morgan fingerprint density at radius 1 is 0.650 bits per heavy atom. The Balaban J connectivity index is 1.83. The molecule has 20 heavy (non-hydrogen) atoms. The van der Waals surface area contributed by atoms with Crippen LogP contribution in [0.4, 0.5) is 0 Å². The highest BCUT2D eigenvalue weighted by atomic mass is 14.9. The average Bonchev–Trinajstić information content (AvgIpc) is 3.19. The molecule has 0 spiro atoms. The van der Waals surface area contributed by atoms with Crippen LogP contribution in [-0.2, 0) is 0 Å². The molecule has 0 bridgehead atoms. The zero-order chi connectivity index (χ0) is 13.4. The molecule has 0 amide bonds. The summed E-state index contributed by atoms with van der Waals surface area (Å²) in [5.41, 5.74) is 2.18. The molecule has 0 radical (unpaired) electrons. The number of aromatic nitrogens is 4. The Bertz CT molecular complexity index is 772. The smallest absolute Gasteiger partial charge is 0.137 e. The van der Waals surface area contributed by atoms with Gasteiger partial charge in [0, 0.05) is 35.9 Å². The molecule has 2 heterocycles. The number of hydrogen-bond acceptors (Lipinski definition) is 2. The van der Waals surface area contributed by atoms with Crippen LogP contribution in [0.3, 0.4) is 0 Å². The fourth-order valence-corrected chi connectivity index (χ4v) is 2.39. The third kappa shape index (κ3) is 1.78. The van der Waals surface area contributed by atoms with Crippen molar-refractivity contribution >= 4 is 10.8 Å². The fourth-order valence-electron chi connectivity index (χ4n) is 2.39. The van der Waals surface area contributed by atoms with Crippen LogP contribution in [0, 0.1) is 0 Å². The highest BCUT2D eigenvalue weighted by Crippen LogP contribution is 2.25. The maximum absolute atomic E-state index is 4.28. The highest BCUT2D eigenvalue weighted by Gasteiger charge is 2.04. The minimum atomic E-state index is 0.891. The van der Waals surface area contributed by atoms with Crippen molar-refractivity contribution < 1.29 is 0 Å². The number of nitrogens with one attached hydrogen (secondary N) is 2. The van der Waals surface area contributed by atoms with Crippen molar-refractivity contribution in [1.29, 1.82) is 0 Å². The molecule has 96 valence electrons. The number of fused-ring (bicyclic) bond motifs is 1. The van der Waals surface area contributed by atoms with Crippen molar-refractivity contribution in [1.82, 2.24) is 19.9 Å². The van der Waals surface area contributed by atoms with Crippen molar-refractivity contribution in [3.63, 3.8) is 0 Å². The number of benzene rings is 2. The Kier molecular flexibility index (Phi) is 2.39. The van der Waals surface area contributed by atoms with Crippen molar-refractivity contribution in [3.05, 3.63) is 61.2 Å². The third-order valence-corrected chi connectivity index (χ3v) is 3.38. The van der Waals surface area contributed by atoms with Gasteiger partial charge in [-0.05, 0) is 22.9 Å². The number of imidazole rings is 2. The molecule has 2 aromatic carbocycles. The van der Waals surface area contributed by atoms with Gasteiger partial charge >= 0.3 is 0 Å². The van der Waals surface area contributed by atoms with Crippen LogP contribution in [0.5, 0.6) is 0 Å². The molecule has 0 saturated carbocycles. The Morgan fingerprint density at radius 2 is 1.15 bits per heavy atom. The minimum absolute atomic E-state index is 0.891. The van der Waals surface area contributed by atoms with Crippen LogP contribution >= 0.6 is 0 Å². The maximum Gasteiger partial charge on any atom is 0.137 e. The summed E-state index contributed by atoms with van der Waals surface area (Å²) in [6.45, 7) is 0. The van der Waals surface area contributed by atoms with Gasteiger partial charge in [-0.15, -0.1) is 0 Å². The van der Waals surface area contributed by atoms with Crippen molar-refractivity contribution in [2.45, 2.75) is 0 Å². The van der Waals surface area contributed by atoms with Gasteiger partial charge in [0.15, 0.2) is 0 Å². The van der Waals surface area contributed by atoms with Gasteiger partial charge in [0.1, 0.15) is 11.6 Å². The molecule has 0 aliphatic heterocycles. The zero-order valence-corrected chi connectivity index (χ0v) is 10.7. The monoisotopic (exact) mass is 260 g/mol. The second-order valence-corrected chi connectivity index (χ2v) is 4.65. The van der Waals surface area contributed by atoms with E-state index in [9.17, 15) is 0 Å². The van der Waals surface area contributed by atoms with E-state index < -0.39 is 0 Å². The first-order valence-corrected chi connectivity index (χ1v) is 6.43. The molecular weight excluding hydrogens is 248 g/mol. The number of hydrogen-bond donors (Lipinski definition) is 2. The first-order valence-electron chi connectivity index (χ1n) is 6.43. The molecule has 2 aromatic heterocycles. The summed E-state index contributed by atoms with van der Waals surface area (Å²) in [6.07, 6.45) is 7.19. The summed E-state index contributed by atoms with van der Waals surface area (Å²) < 4.78 is 0. The van der Waals surface area contributed by atoms with Gasteiger partial charge in [0.05, 0.1) is 0 Å². The summed E-state index contributed by atoms with van der Waals surface area (Å²) in [5, 5.41) is 2.38. The molecule has 0 aliphatic rings. The number of H-pyrrole nitrogens is 2. The van der Waals surface area contributed by atoms with E-state index in [1.807, 2.05) is 12.4 Å². The third-order valence-electron chi connectivity index (χ3n) is 3.38. The molecular formula is C16H12N4. The molecule has 0 unspecified atom stereocenters. The summed E-state index contributed by atoms with van der Waals surface area (Å²) in [7, 11) is 0. The van der Waals surface area contributed by atoms with Crippen molar-refractivity contribution in [2.24, 2.45) is 0 Å². The molecule has 0 saturated heterocycles. The topological polar surface area (TPSA) is 57.4 Å². The van der Waals surface area contributed by atoms with Crippen LogP contribution in [0.2, 0.25) is 0 Å². The van der Waals surface area contributed by atoms with Gasteiger partial charge in [-0.2, -0.15) is 0 Å². The fraction of sp³-hybridized carbons (Fsp3) is 0. The van der Waals surface area contributed by atoms with E-state index in [2.05, 4.69) is 56.3 Å². The predicted octanol–water partition coefficient (Wildman–Crippen LogP) is 3.62. The Morgan fingerprint density at radius 3 is 1.55 bits per heavy atom. The number of nitrogens with zero attached hydrogens (tertiary/aromatic N) is 2. The van der Waals surface area contributed by atoms with Crippen LogP contribution in [0.25, 0.3) is 33.5 Å². The summed E-state index contributed by atoms with van der Waals surface area (Å²) in [6, 6.07) is 12.7. The molecule has 4 nitrogen and oxygen atoms in total. The first kappa shape index (κ1) is 11.0. The van der Waals surface area contributed by atoms with E-state index in [1.165, 1.54) is 10.8 Å². The first-order chi connectivity index (χ1) is 9.90. The lowest BCUT2D eigenvalue weighted by molar-refractivity contribution is 1.31. The Hall–Kier alpha value is -2.88. The lowest BCUT2D eigenvalue weighted by Gasteiger charge is -2.04.